The first-order valence-electron chi connectivity index (χ1n) is 5.68. The first kappa shape index (κ1) is 15.0. The van der Waals surface area contributed by atoms with Crippen LogP contribution in [0.5, 0.6) is 0 Å². The summed E-state index contributed by atoms with van der Waals surface area (Å²) in [4.78, 5) is 0. The van der Waals surface area contributed by atoms with Gasteiger partial charge in [-0.15, -0.1) is 0 Å². The van der Waals surface area contributed by atoms with Gasteiger partial charge in [0.2, 0.25) is 10.0 Å². The minimum absolute atomic E-state index is 0.0234. The second-order valence-electron chi connectivity index (χ2n) is 4.52. The topological polar surface area (TPSA) is 46.2 Å². The number of nitrogens with one attached hydrogen (secondary N) is 1. The van der Waals surface area contributed by atoms with E-state index in [9.17, 15) is 17.2 Å². The van der Waals surface area contributed by atoms with E-state index >= 15 is 0 Å². The molecule has 0 saturated carbocycles. The summed E-state index contributed by atoms with van der Waals surface area (Å²) in [5, 5.41) is -0.578. The molecule has 1 N–H and O–H groups in total. The Morgan fingerprint density at radius 3 is 2.11 bits per heavy atom. The third-order valence-electron chi connectivity index (χ3n) is 2.56. The van der Waals surface area contributed by atoms with Crippen LogP contribution in [0, 0.1) is 11.6 Å². The lowest BCUT2D eigenvalue weighted by Crippen LogP contribution is -2.38. The number of benzene rings is 1. The van der Waals surface area contributed by atoms with Crippen molar-refractivity contribution in [1.29, 1.82) is 0 Å². The zero-order valence-electron chi connectivity index (χ0n) is 10.6. The third kappa shape index (κ3) is 3.74. The molecule has 0 spiro atoms. The second kappa shape index (κ2) is 5.75. The summed E-state index contributed by atoms with van der Waals surface area (Å²) in [5.74, 6) is -1.32. The van der Waals surface area contributed by atoms with Crippen LogP contribution >= 0.6 is 0 Å². The van der Waals surface area contributed by atoms with Crippen molar-refractivity contribution in [3.63, 3.8) is 0 Å². The van der Waals surface area contributed by atoms with Gasteiger partial charge in [0.15, 0.2) is 0 Å². The Hall–Kier alpha value is -1.01. The maximum Gasteiger partial charge on any atom is 0.214 e. The maximum atomic E-state index is 13.4. The van der Waals surface area contributed by atoms with Crippen LogP contribution in [0.25, 0.3) is 0 Å². The Bertz CT molecular complexity index is 495. The zero-order chi connectivity index (χ0) is 13.9. The standard InChI is InChI=1S/C12H17F2NO2S/c1-8(2)18(16,17)15-9(3)7-10-11(13)5-4-6-12(10)14/h4-6,8-9,15H,7H2,1-3H3. The SMILES string of the molecule is CC(Cc1c(F)cccc1F)NS(=O)(=O)C(C)C. The highest BCUT2D eigenvalue weighted by Gasteiger charge is 2.20. The van der Waals surface area contributed by atoms with E-state index in [4.69, 9.17) is 0 Å². The minimum Gasteiger partial charge on any atom is -0.212 e. The van der Waals surface area contributed by atoms with Gasteiger partial charge in [-0.3, -0.25) is 0 Å². The lowest BCUT2D eigenvalue weighted by molar-refractivity contribution is 0.520. The fraction of sp³-hybridized carbons (Fsp3) is 0.500. The van der Waals surface area contributed by atoms with Gasteiger partial charge in [0.1, 0.15) is 11.6 Å². The van der Waals surface area contributed by atoms with Gasteiger partial charge in [0.25, 0.3) is 0 Å². The molecule has 0 aliphatic rings. The highest BCUT2D eigenvalue weighted by atomic mass is 32.2. The molecule has 0 radical (unpaired) electrons. The summed E-state index contributed by atoms with van der Waals surface area (Å²) in [6.07, 6.45) is -0.0234. The van der Waals surface area contributed by atoms with Crippen LogP contribution in [-0.2, 0) is 16.4 Å². The zero-order valence-corrected chi connectivity index (χ0v) is 11.4. The van der Waals surface area contributed by atoms with Crippen LogP contribution in [0.15, 0.2) is 18.2 Å². The lowest BCUT2D eigenvalue weighted by atomic mass is 10.1. The molecule has 0 saturated heterocycles. The van der Waals surface area contributed by atoms with Crippen molar-refractivity contribution in [2.45, 2.75) is 38.5 Å². The molecule has 1 atom stereocenters. The summed E-state index contributed by atoms with van der Waals surface area (Å²) in [5.41, 5.74) is -0.101. The number of rotatable bonds is 5. The predicted octanol–water partition coefficient (Wildman–Crippen LogP) is 2.22. The number of hydrogen-bond acceptors (Lipinski definition) is 2. The number of halogens is 2. The molecule has 3 nitrogen and oxygen atoms in total. The van der Waals surface area contributed by atoms with E-state index in [0.717, 1.165) is 12.1 Å². The predicted molar refractivity (Wildman–Crippen MR) is 66.7 cm³/mol. The van der Waals surface area contributed by atoms with Crippen LogP contribution in [0.4, 0.5) is 8.78 Å². The van der Waals surface area contributed by atoms with E-state index < -0.39 is 32.9 Å². The largest absolute Gasteiger partial charge is 0.214 e. The van der Waals surface area contributed by atoms with Gasteiger partial charge in [-0.05, 0) is 39.3 Å². The van der Waals surface area contributed by atoms with Gasteiger partial charge in [-0.25, -0.2) is 21.9 Å². The monoisotopic (exact) mass is 277 g/mol. The van der Waals surface area contributed by atoms with Gasteiger partial charge >= 0.3 is 0 Å². The molecule has 1 aromatic rings. The summed E-state index contributed by atoms with van der Waals surface area (Å²) >= 11 is 0. The Kier molecular flexibility index (Phi) is 4.81. The molecule has 0 fully saturated rings. The van der Waals surface area contributed by atoms with Crippen molar-refractivity contribution >= 4 is 10.0 Å². The van der Waals surface area contributed by atoms with E-state index in [1.807, 2.05) is 0 Å². The molecule has 1 aromatic carbocycles. The average molecular weight is 277 g/mol. The highest BCUT2D eigenvalue weighted by Crippen LogP contribution is 2.14. The Morgan fingerprint density at radius 2 is 1.67 bits per heavy atom. The van der Waals surface area contributed by atoms with Crippen LogP contribution in [0.1, 0.15) is 26.3 Å². The maximum absolute atomic E-state index is 13.4. The highest BCUT2D eigenvalue weighted by molar-refractivity contribution is 7.90. The molecule has 102 valence electrons. The molecular formula is C12H17F2NO2S. The van der Waals surface area contributed by atoms with Crippen molar-refractivity contribution in [3.8, 4) is 0 Å². The minimum atomic E-state index is -3.44. The van der Waals surface area contributed by atoms with Gasteiger partial charge in [-0.1, -0.05) is 6.07 Å². The van der Waals surface area contributed by atoms with Crippen LogP contribution < -0.4 is 4.72 Å². The molecule has 0 heterocycles. The van der Waals surface area contributed by atoms with Crippen molar-refractivity contribution in [2.75, 3.05) is 0 Å². The third-order valence-corrected chi connectivity index (χ3v) is 4.53. The summed E-state index contributed by atoms with van der Waals surface area (Å²) in [7, 11) is -3.44. The Balaban J connectivity index is 2.80. The fourth-order valence-electron chi connectivity index (χ4n) is 1.49. The van der Waals surface area contributed by atoms with E-state index in [2.05, 4.69) is 4.72 Å². The Morgan fingerprint density at radius 1 is 1.17 bits per heavy atom. The van der Waals surface area contributed by atoms with Crippen LogP contribution in [0.3, 0.4) is 0 Å². The van der Waals surface area contributed by atoms with E-state index in [-0.39, 0.29) is 12.0 Å². The van der Waals surface area contributed by atoms with E-state index in [1.54, 1.807) is 20.8 Å². The molecule has 18 heavy (non-hydrogen) atoms. The normalized spacial score (nSPS) is 13.9. The molecular weight excluding hydrogens is 260 g/mol. The summed E-state index contributed by atoms with van der Waals surface area (Å²) in [6.45, 7) is 4.66. The molecule has 0 bridgehead atoms. The second-order valence-corrected chi connectivity index (χ2v) is 6.79. The molecule has 0 amide bonds. The molecule has 6 heteroatoms. The van der Waals surface area contributed by atoms with Crippen LogP contribution in [-0.4, -0.2) is 19.7 Å². The molecule has 0 aromatic heterocycles. The van der Waals surface area contributed by atoms with Crippen molar-refractivity contribution < 1.29 is 17.2 Å². The van der Waals surface area contributed by atoms with E-state index in [1.165, 1.54) is 6.07 Å². The lowest BCUT2D eigenvalue weighted by Gasteiger charge is -2.16. The molecule has 0 aliphatic carbocycles. The molecule has 1 rings (SSSR count). The summed E-state index contributed by atoms with van der Waals surface area (Å²) < 4.78 is 52.4. The Labute approximate surface area is 106 Å². The van der Waals surface area contributed by atoms with Crippen molar-refractivity contribution in [1.82, 2.24) is 4.72 Å². The number of hydrogen-bond donors (Lipinski definition) is 1. The van der Waals surface area contributed by atoms with Gasteiger partial charge in [-0.2, -0.15) is 0 Å². The molecule has 0 aliphatic heterocycles. The van der Waals surface area contributed by atoms with Gasteiger partial charge < -0.3 is 0 Å². The van der Waals surface area contributed by atoms with Gasteiger partial charge in [0.05, 0.1) is 5.25 Å². The van der Waals surface area contributed by atoms with E-state index in [0.29, 0.717) is 0 Å². The quantitative estimate of drug-likeness (QED) is 0.897. The van der Waals surface area contributed by atoms with Crippen LogP contribution in [0.2, 0.25) is 0 Å². The fourth-order valence-corrected chi connectivity index (χ4v) is 2.41. The van der Waals surface area contributed by atoms with Crippen molar-refractivity contribution in [2.24, 2.45) is 0 Å². The average Bonchev–Trinajstić information content (AvgIpc) is 2.22. The molecule has 1 unspecified atom stereocenters. The smallest absolute Gasteiger partial charge is 0.212 e. The summed E-state index contributed by atoms with van der Waals surface area (Å²) in [6, 6.07) is 3.02. The van der Waals surface area contributed by atoms with Crippen molar-refractivity contribution in [3.05, 3.63) is 35.4 Å². The number of sulfonamides is 1. The first-order valence-corrected chi connectivity index (χ1v) is 7.22. The van der Waals surface area contributed by atoms with Gasteiger partial charge in [0, 0.05) is 11.6 Å². The first-order chi connectivity index (χ1) is 8.24.